The van der Waals surface area contributed by atoms with Crippen LogP contribution in [0.1, 0.15) is 23.7 Å². The zero-order valence-corrected chi connectivity index (χ0v) is 13.6. The molecule has 1 aromatic rings. The summed E-state index contributed by atoms with van der Waals surface area (Å²) in [5, 5.41) is 2.85. The van der Waals surface area contributed by atoms with Crippen molar-refractivity contribution >= 4 is 23.5 Å². The fourth-order valence-electron chi connectivity index (χ4n) is 2.12. The van der Waals surface area contributed by atoms with Crippen molar-refractivity contribution in [2.45, 2.75) is 19.4 Å². The molecule has 1 unspecified atom stereocenters. The molecular weight excluding hydrogens is 320 g/mol. The Morgan fingerprint density at radius 3 is 2.91 bits per heavy atom. The van der Waals surface area contributed by atoms with Crippen LogP contribution < -0.4 is 5.32 Å². The SMILES string of the molecule is CCOC(=O)C1=CC(OC)CC(NC(=O)c2cccnc2Cl)=C1. The van der Waals surface area contributed by atoms with E-state index in [9.17, 15) is 9.59 Å². The number of pyridine rings is 1. The van der Waals surface area contributed by atoms with Crippen LogP contribution in [0.4, 0.5) is 0 Å². The number of ether oxygens (including phenoxy) is 2. The number of halogens is 1. The van der Waals surface area contributed by atoms with Crippen LogP contribution in [0.25, 0.3) is 0 Å². The molecule has 0 fully saturated rings. The van der Waals surface area contributed by atoms with E-state index in [1.54, 1.807) is 31.2 Å². The molecule has 1 N–H and O–H groups in total. The zero-order chi connectivity index (χ0) is 16.8. The summed E-state index contributed by atoms with van der Waals surface area (Å²) < 4.78 is 10.3. The number of methoxy groups -OCH3 is 1. The van der Waals surface area contributed by atoms with E-state index < -0.39 is 11.9 Å². The molecule has 0 aromatic carbocycles. The molecule has 1 atom stereocenters. The van der Waals surface area contributed by atoms with Gasteiger partial charge in [-0.15, -0.1) is 0 Å². The van der Waals surface area contributed by atoms with E-state index in [2.05, 4.69) is 10.3 Å². The highest BCUT2D eigenvalue weighted by Gasteiger charge is 2.22. The Labute approximate surface area is 139 Å². The number of carbonyl (C=O) groups excluding carboxylic acids is 2. The van der Waals surface area contributed by atoms with Gasteiger partial charge in [0.25, 0.3) is 5.91 Å². The van der Waals surface area contributed by atoms with Gasteiger partial charge >= 0.3 is 5.97 Å². The number of esters is 1. The number of carbonyl (C=O) groups is 2. The van der Waals surface area contributed by atoms with Gasteiger partial charge in [-0.2, -0.15) is 0 Å². The number of rotatable bonds is 5. The summed E-state index contributed by atoms with van der Waals surface area (Å²) in [5.41, 5.74) is 1.15. The number of nitrogens with one attached hydrogen (secondary N) is 1. The van der Waals surface area contributed by atoms with Crippen molar-refractivity contribution in [2.24, 2.45) is 0 Å². The van der Waals surface area contributed by atoms with Crippen LogP contribution in [-0.4, -0.2) is 36.7 Å². The van der Waals surface area contributed by atoms with Crippen LogP contribution in [0.3, 0.4) is 0 Å². The van der Waals surface area contributed by atoms with Gasteiger partial charge in [-0.1, -0.05) is 11.6 Å². The Bertz CT molecular complexity index is 670. The van der Waals surface area contributed by atoms with E-state index in [4.69, 9.17) is 21.1 Å². The fraction of sp³-hybridized carbons (Fsp3) is 0.312. The Kier molecular flexibility index (Phi) is 5.90. The second-order valence-electron chi connectivity index (χ2n) is 4.79. The van der Waals surface area contributed by atoms with Crippen molar-refractivity contribution < 1.29 is 19.1 Å². The number of hydrogen-bond donors (Lipinski definition) is 1. The third kappa shape index (κ3) is 4.40. The van der Waals surface area contributed by atoms with Crippen LogP contribution >= 0.6 is 11.6 Å². The van der Waals surface area contributed by atoms with Gasteiger partial charge in [0.1, 0.15) is 5.15 Å². The number of aromatic nitrogens is 1. The van der Waals surface area contributed by atoms with Gasteiger partial charge in [-0.05, 0) is 31.2 Å². The van der Waals surface area contributed by atoms with Crippen molar-refractivity contribution in [2.75, 3.05) is 13.7 Å². The second kappa shape index (κ2) is 7.89. The predicted molar refractivity (Wildman–Crippen MR) is 84.9 cm³/mol. The Hall–Kier alpha value is -2.18. The first-order chi connectivity index (χ1) is 11.0. The highest BCUT2D eigenvalue weighted by Crippen LogP contribution is 2.20. The Morgan fingerprint density at radius 1 is 1.48 bits per heavy atom. The molecule has 0 aliphatic heterocycles. The van der Waals surface area contributed by atoms with Gasteiger partial charge in [0.2, 0.25) is 0 Å². The molecule has 1 aromatic heterocycles. The molecule has 0 saturated heterocycles. The Morgan fingerprint density at radius 2 is 2.26 bits per heavy atom. The quantitative estimate of drug-likeness (QED) is 0.659. The molecule has 0 spiro atoms. The smallest absolute Gasteiger partial charge is 0.337 e. The van der Waals surface area contributed by atoms with Crippen molar-refractivity contribution in [3.05, 3.63) is 52.5 Å². The van der Waals surface area contributed by atoms with Crippen LogP contribution in [0.5, 0.6) is 0 Å². The number of amides is 1. The minimum absolute atomic E-state index is 0.117. The van der Waals surface area contributed by atoms with Crippen molar-refractivity contribution in [3.63, 3.8) is 0 Å². The van der Waals surface area contributed by atoms with Crippen LogP contribution in [0.2, 0.25) is 5.15 Å². The summed E-state index contributed by atoms with van der Waals surface area (Å²) in [6.07, 6.45) is 4.87. The summed E-state index contributed by atoms with van der Waals surface area (Å²) in [5.74, 6) is -0.852. The molecule has 1 heterocycles. The summed E-state index contributed by atoms with van der Waals surface area (Å²) >= 11 is 5.91. The third-order valence-corrected chi connectivity index (χ3v) is 3.51. The summed E-state index contributed by atoms with van der Waals surface area (Å²) in [6, 6.07) is 3.20. The molecule has 1 amide bonds. The summed E-state index contributed by atoms with van der Waals surface area (Å²) in [6.45, 7) is 2.00. The van der Waals surface area contributed by atoms with Crippen LogP contribution in [0, 0.1) is 0 Å². The maximum absolute atomic E-state index is 12.3. The molecule has 2 rings (SSSR count). The summed E-state index contributed by atoms with van der Waals surface area (Å²) in [7, 11) is 1.53. The lowest BCUT2D eigenvalue weighted by Crippen LogP contribution is -2.29. The largest absolute Gasteiger partial charge is 0.462 e. The number of hydrogen-bond acceptors (Lipinski definition) is 5. The van der Waals surface area contributed by atoms with Gasteiger partial charge in [0, 0.05) is 25.4 Å². The van der Waals surface area contributed by atoms with Crippen molar-refractivity contribution in [1.82, 2.24) is 10.3 Å². The van der Waals surface area contributed by atoms with Gasteiger partial charge in [0.05, 0.1) is 23.8 Å². The lowest BCUT2D eigenvalue weighted by Gasteiger charge is -2.20. The average molecular weight is 337 g/mol. The van der Waals surface area contributed by atoms with E-state index in [0.717, 1.165) is 0 Å². The molecule has 0 bridgehead atoms. The minimum atomic E-state index is -0.458. The molecule has 6 nitrogen and oxygen atoms in total. The number of nitrogens with zero attached hydrogens (tertiary/aromatic N) is 1. The van der Waals surface area contributed by atoms with E-state index in [1.165, 1.54) is 13.3 Å². The predicted octanol–water partition coefficient (Wildman–Crippen LogP) is 2.26. The molecule has 122 valence electrons. The molecule has 1 aliphatic rings. The highest BCUT2D eigenvalue weighted by molar-refractivity contribution is 6.32. The second-order valence-corrected chi connectivity index (χ2v) is 5.14. The Balaban J connectivity index is 2.18. The topological polar surface area (TPSA) is 77.5 Å². The zero-order valence-electron chi connectivity index (χ0n) is 12.8. The minimum Gasteiger partial charge on any atom is -0.462 e. The molecule has 0 radical (unpaired) electrons. The van der Waals surface area contributed by atoms with Gasteiger partial charge < -0.3 is 14.8 Å². The van der Waals surface area contributed by atoms with Gasteiger partial charge in [0.15, 0.2) is 0 Å². The third-order valence-electron chi connectivity index (χ3n) is 3.21. The van der Waals surface area contributed by atoms with Gasteiger partial charge in [-0.25, -0.2) is 9.78 Å². The van der Waals surface area contributed by atoms with Crippen molar-refractivity contribution in [3.8, 4) is 0 Å². The van der Waals surface area contributed by atoms with E-state index in [1.807, 2.05) is 0 Å². The maximum atomic E-state index is 12.3. The normalized spacial score (nSPS) is 17.1. The maximum Gasteiger partial charge on any atom is 0.337 e. The summed E-state index contributed by atoms with van der Waals surface area (Å²) in [4.78, 5) is 28.0. The molecule has 0 saturated carbocycles. The highest BCUT2D eigenvalue weighted by atomic mass is 35.5. The fourth-order valence-corrected chi connectivity index (χ4v) is 2.32. The van der Waals surface area contributed by atoms with E-state index in [-0.39, 0.29) is 23.4 Å². The van der Waals surface area contributed by atoms with Crippen LogP contribution in [-0.2, 0) is 14.3 Å². The first kappa shape index (κ1) is 17.2. The van der Waals surface area contributed by atoms with Crippen molar-refractivity contribution in [1.29, 1.82) is 0 Å². The molecule has 1 aliphatic carbocycles. The monoisotopic (exact) mass is 336 g/mol. The standard InChI is InChI=1S/C16H17ClN2O4/c1-3-23-16(21)10-7-11(9-12(8-10)22-2)19-15(20)13-5-4-6-18-14(13)17/h4-8,12H,3,9H2,1-2H3,(H,19,20). The molecular formula is C16H17ClN2O4. The van der Waals surface area contributed by atoms with Crippen LogP contribution in [0.15, 0.2) is 41.8 Å². The lowest BCUT2D eigenvalue weighted by molar-refractivity contribution is -0.138. The van der Waals surface area contributed by atoms with E-state index in [0.29, 0.717) is 17.7 Å². The average Bonchev–Trinajstić information content (AvgIpc) is 2.55. The first-order valence-electron chi connectivity index (χ1n) is 7.09. The van der Waals surface area contributed by atoms with E-state index >= 15 is 0 Å². The van der Waals surface area contributed by atoms with Gasteiger partial charge in [-0.3, -0.25) is 4.79 Å². The molecule has 7 heteroatoms. The molecule has 23 heavy (non-hydrogen) atoms. The first-order valence-corrected chi connectivity index (χ1v) is 7.47. The lowest BCUT2D eigenvalue weighted by atomic mass is 10.0.